The van der Waals surface area contributed by atoms with E-state index in [0.717, 1.165) is 31.5 Å². The molecule has 6 nitrogen and oxygen atoms in total. The molecule has 0 atom stereocenters. The van der Waals surface area contributed by atoms with Crippen molar-refractivity contribution in [2.75, 3.05) is 6.61 Å². The van der Waals surface area contributed by atoms with Crippen molar-refractivity contribution < 1.29 is 13.2 Å². The van der Waals surface area contributed by atoms with E-state index in [-0.39, 0.29) is 12.1 Å². The minimum atomic E-state index is -3.47. The Morgan fingerprint density at radius 3 is 2.71 bits per heavy atom. The number of rotatable bonds is 8. The molecule has 3 N–H and O–H groups in total. The second-order valence-corrected chi connectivity index (χ2v) is 7.15. The van der Waals surface area contributed by atoms with Gasteiger partial charge in [0.25, 0.3) is 0 Å². The number of nitrogens with one attached hydrogen (secondary N) is 1. The molecule has 0 aliphatic heterocycles. The van der Waals surface area contributed by atoms with E-state index >= 15 is 0 Å². The smallest absolute Gasteiger partial charge is 0.242 e. The Morgan fingerprint density at radius 1 is 1.43 bits per heavy atom. The fourth-order valence-corrected chi connectivity index (χ4v) is 3.94. The van der Waals surface area contributed by atoms with Gasteiger partial charge in [-0.25, -0.2) is 13.1 Å². The number of sulfonamides is 1. The van der Waals surface area contributed by atoms with Crippen LogP contribution in [0.15, 0.2) is 17.2 Å². The van der Waals surface area contributed by atoms with E-state index in [1.165, 1.54) is 0 Å². The van der Waals surface area contributed by atoms with Gasteiger partial charge >= 0.3 is 0 Å². The molecular weight excluding hydrogens is 290 g/mol. The topological polar surface area (TPSA) is 86.3 Å². The van der Waals surface area contributed by atoms with Gasteiger partial charge in [-0.3, -0.25) is 0 Å². The third-order valence-corrected chi connectivity index (χ3v) is 5.25. The highest BCUT2D eigenvalue weighted by atomic mass is 32.2. The van der Waals surface area contributed by atoms with E-state index in [0.29, 0.717) is 18.0 Å². The summed E-state index contributed by atoms with van der Waals surface area (Å²) in [4.78, 5) is 0.302. The molecule has 120 valence electrons. The summed E-state index contributed by atoms with van der Waals surface area (Å²) in [6.45, 7) is 5.78. The molecule has 0 radical (unpaired) electrons. The molecule has 0 amide bonds. The van der Waals surface area contributed by atoms with Crippen LogP contribution in [0.25, 0.3) is 0 Å². The van der Waals surface area contributed by atoms with Crippen molar-refractivity contribution in [1.29, 1.82) is 0 Å². The average Bonchev–Trinajstić information content (AvgIpc) is 2.81. The van der Waals surface area contributed by atoms with Crippen molar-refractivity contribution in [3.63, 3.8) is 0 Å². The predicted molar refractivity (Wildman–Crippen MR) is 81.4 cm³/mol. The predicted octanol–water partition coefficient (Wildman–Crippen LogP) is 1.20. The maximum atomic E-state index is 12.4. The summed E-state index contributed by atoms with van der Waals surface area (Å²) < 4.78 is 34.9. The van der Waals surface area contributed by atoms with Crippen LogP contribution in [0.2, 0.25) is 0 Å². The molecule has 0 spiro atoms. The van der Waals surface area contributed by atoms with Crippen molar-refractivity contribution in [2.24, 2.45) is 5.73 Å². The number of ether oxygens (including phenoxy) is 1. The highest BCUT2D eigenvalue weighted by molar-refractivity contribution is 7.89. The lowest BCUT2D eigenvalue weighted by molar-refractivity contribution is -0.00475. The first-order chi connectivity index (χ1) is 10.00. The van der Waals surface area contributed by atoms with E-state index in [1.807, 2.05) is 11.5 Å². The Labute approximate surface area is 126 Å². The van der Waals surface area contributed by atoms with E-state index < -0.39 is 10.0 Å². The number of nitrogens with two attached hydrogens (primary N) is 1. The van der Waals surface area contributed by atoms with E-state index in [4.69, 9.17) is 10.5 Å². The van der Waals surface area contributed by atoms with Gasteiger partial charge in [0.2, 0.25) is 10.0 Å². The van der Waals surface area contributed by atoms with Gasteiger partial charge in [0.15, 0.2) is 0 Å². The molecule has 1 aromatic rings. The zero-order valence-electron chi connectivity index (χ0n) is 12.7. The van der Waals surface area contributed by atoms with Gasteiger partial charge in [-0.1, -0.05) is 6.92 Å². The summed E-state index contributed by atoms with van der Waals surface area (Å²) >= 11 is 0. The minimum Gasteiger partial charge on any atom is -0.378 e. The Bertz CT molecular complexity index is 562. The summed E-state index contributed by atoms with van der Waals surface area (Å²) in [6, 6.07) is 1.64. The van der Waals surface area contributed by atoms with Crippen molar-refractivity contribution in [1.82, 2.24) is 9.29 Å². The third kappa shape index (κ3) is 3.85. The molecule has 1 aliphatic carbocycles. The molecule has 1 heterocycles. The van der Waals surface area contributed by atoms with Gasteiger partial charge in [-0.05, 0) is 32.3 Å². The SMILES string of the molecule is CCCn1cc(S(=O)(=O)NC2CC(OCC)C2)cc1CN. The molecule has 7 heteroatoms. The lowest BCUT2D eigenvalue weighted by atomic mass is 9.90. The van der Waals surface area contributed by atoms with Crippen molar-refractivity contribution in [2.45, 2.75) is 63.2 Å². The Balaban J connectivity index is 2.03. The summed E-state index contributed by atoms with van der Waals surface area (Å²) in [5.41, 5.74) is 6.52. The summed E-state index contributed by atoms with van der Waals surface area (Å²) in [6.07, 6.45) is 4.28. The van der Waals surface area contributed by atoms with Gasteiger partial charge in [-0.15, -0.1) is 0 Å². The molecular formula is C14H25N3O3S. The van der Waals surface area contributed by atoms with E-state index in [2.05, 4.69) is 11.6 Å². The van der Waals surface area contributed by atoms with Crippen LogP contribution < -0.4 is 10.5 Å². The van der Waals surface area contributed by atoms with Crippen LogP contribution in [-0.4, -0.2) is 31.7 Å². The number of hydrogen-bond acceptors (Lipinski definition) is 4. The zero-order chi connectivity index (χ0) is 15.5. The second kappa shape index (κ2) is 6.91. The first-order valence-electron chi connectivity index (χ1n) is 7.53. The van der Waals surface area contributed by atoms with Gasteiger partial charge in [0.1, 0.15) is 0 Å². The summed E-state index contributed by atoms with van der Waals surface area (Å²) in [5, 5.41) is 0. The number of aryl methyl sites for hydroxylation is 1. The largest absolute Gasteiger partial charge is 0.378 e. The molecule has 21 heavy (non-hydrogen) atoms. The average molecular weight is 315 g/mol. The van der Waals surface area contributed by atoms with Crippen molar-refractivity contribution in [3.8, 4) is 0 Å². The molecule has 0 aromatic carbocycles. The number of hydrogen-bond donors (Lipinski definition) is 2. The molecule has 2 rings (SSSR count). The van der Waals surface area contributed by atoms with Crippen LogP contribution in [-0.2, 0) is 27.8 Å². The molecule has 0 unspecified atom stereocenters. The second-order valence-electron chi connectivity index (χ2n) is 5.43. The molecule has 1 aliphatic rings. The van der Waals surface area contributed by atoms with Crippen LogP contribution >= 0.6 is 0 Å². The van der Waals surface area contributed by atoms with Crippen LogP contribution in [0.4, 0.5) is 0 Å². The van der Waals surface area contributed by atoms with E-state index in [1.54, 1.807) is 12.3 Å². The van der Waals surface area contributed by atoms with Crippen molar-refractivity contribution >= 4 is 10.0 Å². The fourth-order valence-electron chi connectivity index (χ4n) is 2.61. The maximum Gasteiger partial charge on any atom is 0.242 e. The highest BCUT2D eigenvalue weighted by Gasteiger charge is 2.33. The minimum absolute atomic E-state index is 0.0256. The number of nitrogens with zero attached hydrogens (tertiary/aromatic N) is 1. The van der Waals surface area contributed by atoms with Crippen LogP contribution in [0.5, 0.6) is 0 Å². The molecule has 0 bridgehead atoms. The first kappa shape index (κ1) is 16.5. The Kier molecular flexibility index (Phi) is 5.43. The van der Waals surface area contributed by atoms with Gasteiger partial charge in [0, 0.05) is 37.6 Å². The maximum absolute atomic E-state index is 12.4. The third-order valence-electron chi connectivity index (χ3n) is 3.76. The Morgan fingerprint density at radius 2 is 2.14 bits per heavy atom. The van der Waals surface area contributed by atoms with Crippen LogP contribution in [0.1, 0.15) is 38.8 Å². The van der Waals surface area contributed by atoms with Gasteiger partial charge in [-0.2, -0.15) is 0 Å². The first-order valence-corrected chi connectivity index (χ1v) is 9.01. The van der Waals surface area contributed by atoms with Crippen LogP contribution in [0, 0.1) is 0 Å². The standard InChI is InChI=1S/C14H25N3O3S/c1-3-5-17-10-14(8-12(17)9-15)21(18,19)16-11-6-13(7-11)20-4-2/h8,10-11,13,16H,3-7,9,15H2,1-2H3. The van der Waals surface area contributed by atoms with Gasteiger partial charge < -0.3 is 15.0 Å². The zero-order valence-corrected chi connectivity index (χ0v) is 13.5. The normalized spacial score (nSPS) is 22.2. The lowest BCUT2D eigenvalue weighted by Gasteiger charge is -2.34. The Hall–Kier alpha value is -0.890. The molecule has 1 saturated carbocycles. The van der Waals surface area contributed by atoms with Gasteiger partial charge in [0.05, 0.1) is 11.0 Å². The molecule has 1 fully saturated rings. The lowest BCUT2D eigenvalue weighted by Crippen LogP contribution is -2.47. The van der Waals surface area contributed by atoms with Crippen LogP contribution in [0.3, 0.4) is 0 Å². The number of aromatic nitrogens is 1. The van der Waals surface area contributed by atoms with E-state index in [9.17, 15) is 8.42 Å². The monoisotopic (exact) mass is 315 g/mol. The fraction of sp³-hybridized carbons (Fsp3) is 0.714. The quantitative estimate of drug-likeness (QED) is 0.755. The molecule has 0 saturated heterocycles. The summed E-state index contributed by atoms with van der Waals surface area (Å²) in [7, 11) is -3.47. The summed E-state index contributed by atoms with van der Waals surface area (Å²) in [5.74, 6) is 0. The highest BCUT2D eigenvalue weighted by Crippen LogP contribution is 2.25. The van der Waals surface area contributed by atoms with Crippen molar-refractivity contribution in [3.05, 3.63) is 18.0 Å². The molecule has 1 aromatic heterocycles.